The molecule has 0 bridgehead atoms. The van der Waals surface area contributed by atoms with E-state index >= 15 is 0 Å². The Morgan fingerprint density at radius 2 is 1.80 bits per heavy atom. The van der Waals surface area contributed by atoms with Crippen LogP contribution in [0.15, 0.2) is 65.8 Å². The molecule has 0 saturated carbocycles. The van der Waals surface area contributed by atoms with Crippen molar-refractivity contribution in [3.63, 3.8) is 0 Å². The first-order valence-electron chi connectivity index (χ1n) is 7.93. The third kappa shape index (κ3) is 4.35. The van der Waals surface area contributed by atoms with Crippen LogP contribution in [0.1, 0.15) is 17.5 Å². The lowest BCUT2D eigenvalue weighted by atomic mass is 10.0. The molecule has 0 aromatic heterocycles. The SMILES string of the molecule is O=C(CCc1ccc2ccccc2c1)N/N=C/c1ccc(O)cc1O. The minimum Gasteiger partial charge on any atom is -0.508 e. The summed E-state index contributed by atoms with van der Waals surface area (Å²) in [5, 5.41) is 25.0. The summed E-state index contributed by atoms with van der Waals surface area (Å²) in [6.45, 7) is 0. The first-order chi connectivity index (χ1) is 12.1. The van der Waals surface area contributed by atoms with Crippen molar-refractivity contribution < 1.29 is 15.0 Å². The molecule has 25 heavy (non-hydrogen) atoms. The van der Waals surface area contributed by atoms with Crippen molar-refractivity contribution >= 4 is 22.9 Å². The summed E-state index contributed by atoms with van der Waals surface area (Å²) < 4.78 is 0. The predicted molar refractivity (Wildman–Crippen MR) is 97.8 cm³/mol. The maximum Gasteiger partial charge on any atom is 0.240 e. The molecule has 0 aliphatic rings. The van der Waals surface area contributed by atoms with E-state index in [9.17, 15) is 15.0 Å². The van der Waals surface area contributed by atoms with Crippen LogP contribution in [0.4, 0.5) is 0 Å². The number of phenolic OH excluding ortho intramolecular Hbond substituents is 2. The lowest BCUT2D eigenvalue weighted by molar-refractivity contribution is -0.121. The number of fused-ring (bicyclic) bond motifs is 1. The van der Waals surface area contributed by atoms with Crippen molar-refractivity contribution in [1.29, 1.82) is 0 Å². The smallest absolute Gasteiger partial charge is 0.240 e. The Bertz CT molecular complexity index is 935. The highest BCUT2D eigenvalue weighted by molar-refractivity contribution is 5.85. The third-order valence-corrected chi connectivity index (χ3v) is 3.86. The summed E-state index contributed by atoms with van der Waals surface area (Å²) in [6, 6.07) is 18.4. The van der Waals surface area contributed by atoms with Crippen LogP contribution in [0.2, 0.25) is 0 Å². The number of nitrogens with one attached hydrogen (secondary N) is 1. The van der Waals surface area contributed by atoms with Crippen molar-refractivity contribution in [3.8, 4) is 11.5 Å². The number of hydrogen-bond donors (Lipinski definition) is 3. The number of benzene rings is 3. The molecule has 0 radical (unpaired) electrons. The monoisotopic (exact) mass is 334 g/mol. The molecule has 0 heterocycles. The van der Waals surface area contributed by atoms with E-state index in [4.69, 9.17) is 0 Å². The number of hydrazone groups is 1. The van der Waals surface area contributed by atoms with Crippen LogP contribution in [-0.4, -0.2) is 22.3 Å². The number of rotatable bonds is 5. The Balaban J connectivity index is 1.54. The van der Waals surface area contributed by atoms with Gasteiger partial charge in [0.2, 0.25) is 5.91 Å². The second kappa shape index (κ2) is 7.49. The zero-order valence-electron chi connectivity index (χ0n) is 13.5. The van der Waals surface area contributed by atoms with Gasteiger partial charge in [-0.1, -0.05) is 42.5 Å². The van der Waals surface area contributed by atoms with E-state index in [1.807, 2.05) is 30.3 Å². The highest BCUT2D eigenvalue weighted by Crippen LogP contribution is 2.20. The number of carbonyl (C=O) groups excluding carboxylic acids is 1. The molecule has 0 saturated heterocycles. The van der Waals surface area contributed by atoms with Gasteiger partial charge >= 0.3 is 0 Å². The zero-order valence-corrected chi connectivity index (χ0v) is 13.5. The average Bonchev–Trinajstić information content (AvgIpc) is 2.61. The summed E-state index contributed by atoms with van der Waals surface area (Å²) in [5.74, 6) is -0.342. The molecule has 3 aromatic rings. The molecular weight excluding hydrogens is 316 g/mol. The summed E-state index contributed by atoms with van der Waals surface area (Å²) in [5.41, 5.74) is 3.94. The van der Waals surface area contributed by atoms with E-state index in [-0.39, 0.29) is 17.4 Å². The standard InChI is InChI=1S/C20H18N2O3/c23-18-9-8-17(19(24)12-18)13-21-22-20(25)10-6-14-5-7-15-3-1-2-4-16(15)11-14/h1-5,7-9,11-13,23-24H,6,10H2,(H,22,25)/b21-13+. The maximum absolute atomic E-state index is 11.9. The number of aryl methyl sites for hydroxylation is 1. The van der Waals surface area contributed by atoms with Crippen LogP contribution in [-0.2, 0) is 11.2 Å². The van der Waals surface area contributed by atoms with E-state index < -0.39 is 0 Å². The Hall–Kier alpha value is -3.34. The van der Waals surface area contributed by atoms with Crippen LogP contribution in [0, 0.1) is 0 Å². The average molecular weight is 334 g/mol. The predicted octanol–water partition coefficient (Wildman–Crippen LogP) is 3.33. The minimum absolute atomic E-state index is 0.0333. The van der Waals surface area contributed by atoms with Crippen molar-refractivity contribution in [3.05, 3.63) is 71.8 Å². The fourth-order valence-electron chi connectivity index (χ4n) is 2.52. The Labute approximate surface area is 145 Å². The molecule has 1 amide bonds. The molecule has 3 N–H and O–H groups in total. The molecule has 5 heteroatoms. The van der Waals surface area contributed by atoms with Gasteiger partial charge in [0.15, 0.2) is 0 Å². The highest BCUT2D eigenvalue weighted by Gasteiger charge is 2.03. The van der Waals surface area contributed by atoms with Crippen molar-refractivity contribution in [2.45, 2.75) is 12.8 Å². The summed E-state index contributed by atoms with van der Waals surface area (Å²) in [6.07, 6.45) is 2.27. The van der Waals surface area contributed by atoms with Gasteiger partial charge in [-0.05, 0) is 34.9 Å². The number of phenols is 2. The van der Waals surface area contributed by atoms with E-state index in [0.29, 0.717) is 18.4 Å². The molecular formula is C20H18N2O3. The van der Waals surface area contributed by atoms with Crippen LogP contribution in [0.25, 0.3) is 10.8 Å². The fraction of sp³-hybridized carbons (Fsp3) is 0.100. The molecule has 0 spiro atoms. The van der Waals surface area contributed by atoms with Gasteiger partial charge in [0, 0.05) is 18.1 Å². The normalized spacial score (nSPS) is 11.0. The van der Waals surface area contributed by atoms with Gasteiger partial charge in [-0.3, -0.25) is 4.79 Å². The van der Waals surface area contributed by atoms with Crippen LogP contribution in [0.3, 0.4) is 0 Å². The van der Waals surface area contributed by atoms with Gasteiger partial charge in [0.1, 0.15) is 11.5 Å². The van der Waals surface area contributed by atoms with Crippen molar-refractivity contribution in [1.82, 2.24) is 5.43 Å². The van der Waals surface area contributed by atoms with Gasteiger partial charge in [-0.25, -0.2) is 5.43 Å². The zero-order chi connectivity index (χ0) is 17.6. The second-order valence-corrected chi connectivity index (χ2v) is 5.72. The lowest BCUT2D eigenvalue weighted by Gasteiger charge is -2.04. The number of nitrogens with zero attached hydrogens (tertiary/aromatic N) is 1. The molecule has 0 aliphatic carbocycles. The minimum atomic E-state index is -0.206. The quantitative estimate of drug-likeness (QED) is 0.494. The highest BCUT2D eigenvalue weighted by atomic mass is 16.3. The number of hydrogen-bond acceptors (Lipinski definition) is 4. The molecule has 0 aliphatic heterocycles. The van der Waals surface area contributed by atoms with Gasteiger partial charge in [0.25, 0.3) is 0 Å². The first kappa shape index (κ1) is 16.5. The largest absolute Gasteiger partial charge is 0.508 e. The second-order valence-electron chi connectivity index (χ2n) is 5.72. The third-order valence-electron chi connectivity index (χ3n) is 3.86. The number of carbonyl (C=O) groups is 1. The van der Waals surface area contributed by atoms with Crippen molar-refractivity contribution in [2.24, 2.45) is 5.10 Å². The lowest BCUT2D eigenvalue weighted by Crippen LogP contribution is -2.17. The van der Waals surface area contributed by atoms with Gasteiger partial charge in [0.05, 0.1) is 6.21 Å². The van der Waals surface area contributed by atoms with Crippen LogP contribution in [0.5, 0.6) is 11.5 Å². The molecule has 5 nitrogen and oxygen atoms in total. The summed E-state index contributed by atoms with van der Waals surface area (Å²) >= 11 is 0. The van der Waals surface area contributed by atoms with Crippen LogP contribution >= 0.6 is 0 Å². The first-order valence-corrected chi connectivity index (χ1v) is 7.93. The Morgan fingerprint density at radius 1 is 1.00 bits per heavy atom. The Kier molecular flexibility index (Phi) is 4.95. The topological polar surface area (TPSA) is 81.9 Å². The Morgan fingerprint density at radius 3 is 2.60 bits per heavy atom. The summed E-state index contributed by atoms with van der Waals surface area (Å²) in [4.78, 5) is 11.9. The van der Waals surface area contributed by atoms with E-state index in [0.717, 1.165) is 10.9 Å². The van der Waals surface area contributed by atoms with Crippen molar-refractivity contribution in [2.75, 3.05) is 0 Å². The van der Waals surface area contributed by atoms with E-state index in [1.165, 1.54) is 29.8 Å². The fourth-order valence-corrected chi connectivity index (χ4v) is 2.52. The molecule has 0 unspecified atom stereocenters. The summed E-state index contributed by atoms with van der Waals surface area (Å²) in [7, 11) is 0. The molecule has 126 valence electrons. The molecule has 3 rings (SSSR count). The van der Waals surface area contributed by atoms with E-state index in [1.54, 1.807) is 0 Å². The van der Waals surface area contributed by atoms with E-state index in [2.05, 4.69) is 22.7 Å². The van der Waals surface area contributed by atoms with Crippen LogP contribution < -0.4 is 5.43 Å². The van der Waals surface area contributed by atoms with Gasteiger partial charge < -0.3 is 10.2 Å². The number of amides is 1. The van der Waals surface area contributed by atoms with Gasteiger partial charge in [-0.15, -0.1) is 0 Å². The molecule has 0 atom stereocenters. The molecule has 0 fully saturated rings. The molecule has 3 aromatic carbocycles. The maximum atomic E-state index is 11.9. The van der Waals surface area contributed by atoms with Gasteiger partial charge in [-0.2, -0.15) is 5.10 Å². The number of aromatic hydroxyl groups is 2.